The van der Waals surface area contributed by atoms with Crippen LogP contribution in [0.5, 0.6) is 0 Å². The maximum Gasteiger partial charge on any atom is 0.235 e. The van der Waals surface area contributed by atoms with Crippen LogP contribution in [0.2, 0.25) is 0 Å². The summed E-state index contributed by atoms with van der Waals surface area (Å²) < 4.78 is 88.4. The molecule has 1 saturated carbocycles. The van der Waals surface area contributed by atoms with Crippen molar-refractivity contribution in [3.63, 3.8) is 0 Å². The van der Waals surface area contributed by atoms with E-state index in [-0.39, 0.29) is 22.5 Å². The number of nitrogen functional groups attached to an aromatic ring is 1. The van der Waals surface area contributed by atoms with Crippen LogP contribution in [-0.2, 0) is 10.0 Å². The van der Waals surface area contributed by atoms with Crippen LogP contribution in [0.25, 0.3) is 28.1 Å². The summed E-state index contributed by atoms with van der Waals surface area (Å²) in [4.78, 5) is 3.92. The number of aromatic nitrogens is 3. The minimum atomic E-state index is -3.96. The van der Waals surface area contributed by atoms with Crippen molar-refractivity contribution in [3.05, 3.63) is 78.3 Å². The molecule has 0 spiro atoms. The van der Waals surface area contributed by atoms with Crippen molar-refractivity contribution in [2.24, 2.45) is 0 Å². The van der Waals surface area contributed by atoms with E-state index in [2.05, 4.69) is 14.8 Å². The first-order chi connectivity index (χ1) is 17.6. The van der Waals surface area contributed by atoms with E-state index in [1.54, 1.807) is 0 Å². The molecule has 0 radical (unpaired) electrons. The summed E-state index contributed by atoms with van der Waals surface area (Å²) >= 11 is 0. The van der Waals surface area contributed by atoms with E-state index < -0.39 is 49.9 Å². The summed E-state index contributed by atoms with van der Waals surface area (Å²) in [6.45, 7) is 0. The van der Waals surface area contributed by atoms with Crippen molar-refractivity contribution in [1.82, 2.24) is 14.8 Å². The number of anilines is 2. The number of hydrogen-bond donors (Lipinski definition) is 2. The van der Waals surface area contributed by atoms with Crippen molar-refractivity contribution in [1.29, 1.82) is 0 Å². The summed E-state index contributed by atoms with van der Waals surface area (Å²) in [5.74, 6) is -4.01. The number of sulfonamides is 1. The molecule has 0 atom stereocenters. The Bertz CT molecular complexity index is 1560. The van der Waals surface area contributed by atoms with Gasteiger partial charge >= 0.3 is 0 Å². The third-order valence-electron chi connectivity index (χ3n) is 6.26. The minimum absolute atomic E-state index is 0.0276. The summed E-state index contributed by atoms with van der Waals surface area (Å²) in [6.07, 6.45) is 6.33. The number of pyridine rings is 1. The fourth-order valence-electron chi connectivity index (χ4n) is 4.51. The van der Waals surface area contributed by atoms with Crippen molar-refractivity contribution >= 4 is 21.4 Å². The molecule has 7 nitrogen and oxygen atoms in total. The van der Waals surface area contributed by atoms with Gasteiger partial charge in [0.1, 0.15) is 17.2 Å². The summed E-state index contributed by atoms with van der Waals surface area (Å²) in [5.41, 5.74) is 4.31. The average molecular weight is 532 g/mol. The Hall–Kier alpha value is -3.93. The van der Waals surface area contributed by atoms with Crippen LogP contribution < -0.4 is 10.5 Å². The Balaban J connectivity index is 1.68. The van der Waals surface area contributed by atoms with Crippen LogP contribution in [-0.4, -0.2) is 28.4 Å². The number of rotatable bonds is 6. The number of nitrogens with one attached hydrogen (secondary N) is 1. The zero-order valence-electron chi connectivity index (χ0n) is 19.3. The molecule has 3 N–H and O–H groups in total. The van der Waals surface area contributed by atoms with E-state index in [0.29, 0.717) is 18.4 Å². The van der Waals surface area contributed by atoms with Crippen LogP contribution in [0.15, 0.2) is 55.0 Å². The monoisotopic (exact) mass is 531 g/mol. The fraction of sp³-hybridized carbons (Fsp3) is 0.200. The molecule has 2 aromatic carbocycles. The standard InChI is InChI=1S/C25H21F4N5O2S/c26-15-9-18(23(29)22(10-15)33-37(35,36)17-3-1-2-4-17)19-13-34(25-20(27)11-16(30)12-21(25)28)32-24(19)14-5-7-31-8-6-14/h5-13,17,33H,1-4,30H2. The van der Waals surface area contributed by atoms with Gasteiger partial charge in [-0.3, -0.25) is 9.71 Å². The predicted octanol–water partition coefficient (Wildman–Crippen LogP) is 5.42. The Morgan fingerprint density at radius 2 is 1.59 bits per heavy atom. The van der Waals surface area contributed by atoms with Crippen molar-refractivity contribution in [2.75, 3.05) is 10.5 Å². The van der Waals surface area contributed by atoms with E-state index >= 15 is 4.39 Å². The molecular formula is C25H21F4N5O2S. The van der Waals surface area contributed by atoms with E-state index in [4.69, 9.17) is 5.73 Å². The molecule has 192 valence electrons. The second-order valence-electron chi connectivity index (χ2n) is 8.77. The van der Waals surface area contributed by atoms with Gasteiger partial charge in [-0.05, 0) is 43.2 Å². The van der Waals surface area contributed by atoms with Gasteiger partial charge in [-0.1, -0.05) is 12.8 Å². The van der Waals surface area contributed by atoms with Crippen LogP contribution >= 0.6 is 0 Å². The third kappa shape index (κ3) is 4.76. The molecule has 4 aromatic rings. The van der Waals surface area contributed by atoms with Gasteiger partial charge in [-0.25, -0.2) is 30.7 Å². The largest absolute Gasteiger partial charge is 0.399 e. The molecule has 0 amide bonds. The molecule has 2 aromatic heterocycles. The van der Waals surface area contributed by atoms with Crippen LogP contribution in [0.1, 0.15) is 25.7 Å². The molecular weight excluding hydrogens is 510 g/mol. The first-order valence-corrected chi connectivity index (χ1v) is 12.9. The average Bonchev–Trinajstić information content (AvgIpc) is 3.52. The van der Waals surface area contributed by atoms with Gasteiger partial charge in [0.2, 0.25) is 10.0 Å². The number of hydrogen-bond acceptors (Lipinski definition) is 5. The van der Waals surface area contributed by atoms with Crippen LogP contribution in [0, 0.1) is 23.3 Å². The van der Waals surface area contributed by atoms with Gasteiger partial charge in [0.15, 0.2) is 17.5 Å². The Morgan fingerprint density at radius 3 is 2.24 bits per heavy atom. The molecule has 0 unspecified atom stereocenters. The molecule has 1 aliphatic carbocycles. The highest BCUT2D eigenvalue weighted by Crippen LogP contribution is 2.38. The zero-order chi connectivity index (χ0) is 26.3. The lowest BCUT2D eigenvalue weighted by atomic mass is 10.0. The Morgan fingerprint density at radius 1 is 0.946 bits per heavy atom. The van der Waals surface area contributed by atoms with Gasteiger partial charge < -0.3 is 5.73 Å². The minimum Gasteiger partial charge on any atom is -0.399 e. The molecule has 0 bridgehead atoms. The highest BCUT2D eigenvalue weighted by molar-refractivity contribution is 7.93. The molecule has 0 aliphatic heterocycles. The fourth-order valence-corrected chi connectivity index (χ4v) is 6.08. The molecule has 2 heterocycles. The topological polar surface area (TPSA) is 103 Å². The van der Waals surface area contributed by atoms with Gasteiger partial charge in [-0.2, -0.15) is 5.10 Å². The van der Waals surface area contributed by atoms with E-state index in [1.807, 2.05) is 0 Å². The quantitative estimate of drug-likeness (QED) is 0.255. The maximum absolute atomic E-state index is 15.8. The predicted molar refractivity (Wildman–Crippen MR) is 131 cm³/mol. The zero-order valence-corrected chi connectivity index (χ0v) is 20.1. The molecule has 1 aliphatic rings. The normalized spacial score (nSPS) is 14.3. The summed E-state index contributed by atoms with van der Waals surface area (Å²) in [5, 5.41) is 3.55. The lowest BCUT2D eigenvalue weighted by Gasteiger charge is -2.15. The summed E-state index contributed by atoms with van der Waals surface area (Å²) in [6, 6.07) is 6.50. The first-order valence-electron chi connectivity index (χ1n) is 11.4. The number of nitrogens with zero attached hydrogens (tertiary/aromatic N) is 3. The second kappa shape index (κ2) is 9.51. The maximum atomic E-state index is 15.8. The van der Waals surface area contributed by atoms with Crippen molar-refractivity contribution in [2.45, 2.75) is 30.9 Å². The SMILES string of the molecule is Nc1cc(F)c(-n2cc(-c3cc(F)cc(NS(=O)(=O)C4CCCC4)c3F)c(-c3ccncc3)n2)c(F)c1. The molecule has 5 rings (SSSR count). The van der Waals surface area contributed by atoms with Crippen molar-refractivity contribution in [3.8, 4) is 28.1 Å². The highest BCUT2D eigenvalue weighted by atomic mass is 32.2. The Kier molecular flexibility index (Phi) is 6.36. The van der Waals surface area contributed by atoms with E-state index in [0.717, 1.165) is 48.0 Å². The third-order valence-corrected chi connectivity index (χ3v) is 8.11. The van der Waals surface area contributed by atoms with E-state index in [1.165, 1.54) is 24.5 Å². The van der Waals surface area contributed by atoms with Crippen LogP contribution in [0.4, 0.5) is 28.9 Å². The molecule has 37 heavy (non-hydrogen) atoms. The molecule has 0 saturated heterocycles. The number of benzene rings is 2. The summed E-state index contributed by atoms with van der Waals surface area (Å²) in [7, 11) is -3.96. The first kappa shape index (κ1) is 24.8. The smallest absolute Gasteiger partial charge is 0.235 e. The van der Waals surface area contributed by atoms with Crippen molar-refractivity contribution < 1.29 is 26.0 Å². The van der Waals surface area contributed by atoms with Gasteiger partial charge in [0, 0.05) is 47.0 Å². The molecule has 1 fully saturated rings. The van der Waals surface area contributed by atoms with Gasteiger partial charge in [-0.15, -0.1) is 0 Å². The number of halogens is 4. The van der Waals surface area contributed by atoms with Crippen LogP contribution in [0.3, 0.4) is 0 Å². The number of nitrogens with two attached hydrogens (primary N) is 1. The lowest BCUT2D eigenvalue weighted by Crippen LogP contribution is -2.25. The lowest BCUT2D eigenvalue weighted by molar-refractivity contribution is 0.561. The van der Waals surface area contributed by atoms with Gasteiger partial charge in [0.25, 0.3) is 0 Å². The van der Waals surface area contributed by atoms with Gasteiger partial charge in [0.05, 0.1) is 10.9 Å². The Labute approximate surface area is 210 Å². The second-order valence-corrected chi connectivity index (χ2v) is 10.7. The molecule has 12 heteroatoms. The highest BCUT2D eigenvalue weighted by Gasteiger charge is 2.30. The van der Waals surface area contributed by atoms with E-state index in [9.17, 15) is 21.6 Å².